The summed E-state index contributed by atoms with van der Waals surface area (Å²) in [6.07, 6.45) is 0. The lowest BCUT2D eigenvalue weighted by molar-refractivity contribution is 0.416. The van der Waals surface area contributed by atoms with E-state index in [4.69, 9.17) is 4.74 Å². The Hall–Kier alpha value is -2.27. The zero-order chi connectivity index (χ0) is 19.4. The summed E-state index contributed by atoms with van der Waals surface area (Å²) in [6, 6.07) is 5.87. The average molecular weight is 400 g/mol. The lowest BCUT2D eigenvalue weighted by atomic mass is 10.00. The molecule has 0 aliphatic carbocycles. The van der Waals surface area contributed by atoms with Crippen molar-refractivity contribution in [3.8, 4) is 5.75 Å². The van der Waals surface area contributed by atoms with Crippen LogP contribution in [0.1, 0.15) is 5.56 Å². The molecular weight excluding hydrogens is 387 g/mol. The molecule has 138 valence electrons. The number of hydrogen-bond donors (Lipinski definition) is 2. The average Bonchev–Trinajstić information content (AvgIpc) is 2.52. The fourth-order valence-corrected chi connectivity index (χ4v) is 4.32. The second kappa shape index (κ2) is 5.88. The van der Waals surface area contributed by atoms with E-state index < -0.39 is 41.2 Å². The van der Waals surface area contributed by atoms with E-state index in [1.54, 1.807) is 6.92 Å². The normalized spacial score (nSPS) is 12.7. The summed E-state index contributed by atoms with van der Waals surface area (Å²) in [4.78, 5) is -1.37. The highest BCUT2D eigenvalue weighted by molar-refractivity contribution is 7.86. The van der Waals surface area contributed by atoms with Gasteiger partial charge in [0, 0.05) is 22.2 Å². The van der Waals surface area contributed by atoms with Crippen LogP contribution >= 0.6 is 0 Å². The van der Waals surface area contributed by atoms with Crippen LogP contribution in [0, 0.1) is 12.7 Å². The third-order valence-electron chi connectivity index (χ3n) is 3.97. The molecule has 0 atom stereocenters. The van der Waals surface area contributed by atoms with Gasteiger partial charge in [-0.3, -0.25) is 9.11 Å². The van der Waals surface area contributed by atoms with Crippen LogP contribution in [0.15, 0.2) is 40.1 Å². The highest BCUT2D eigenvalue weighted by Crippen LogP contribution is 2.40. The molecule has 0 spiro atoms. The number of aryl methyl sites for hydroxylation is 1. The molecule has 3 rings (SSSR count). The molecule has 7 nitrogen and oxygen atoms in total. The van der Waals surface area contributed by atoms with Crippen LogP contribution in [0.3, 0.4) is 0 Å². The summed E-state index contributed by atoms with van der Waals surface area (Å²) in [7, 11) is -8.48. The second-order valence-electron chi connectivity index (χ2n) is 5.69. The molecule has 0 amide bonds. The molecule has 0 aliphatic heterocycles. The summed E-state index contributed by atoms with van der Waals surface area (Å²) < 4.78 is 86.1. The van der Waals surface area contributed by atoms with Crippen LogP contribution in [-0.2, 0) is 20.2 Å². The van der Waals surface area contributed by atoms with Gasteiger partial charge in [-0.2, -0.15) is 16.8 Å². The largest absolute Gasteiger partial charge is 0.496 e. The van der Waals surface area contributed by atoms with Crippen molar-refractivity contribution >= 4 is 41.8 Å². The van der Waals surface area contributed by atoms with E-state index in [-0.39, 0.29) is 21.9 Å². The zero-order valence-electron chi connectivity index (χ0n) is 13.5. The van der Waals surface area contributed by atoms with Crippen LogP contribution in [0.5, 0.6) is 5.75 Å². The first kappa shape index (κ1) is 18.5. The monoisotopic (exact) mass is 400 g/mol. The molecule has 0 aliphatic rings. The van der Waals surface area contributed by atoms with Gasteiger partial charge < -0.3 is 4.74 Å². The Balaban J connectivity index is 2.75. The molecule has 3 aromatic carbocycles. The minimum Gasteiger partial charge on any atom is -0.496 e. The van der Waals surface area contributed by atoms with Crippen LogP contribution in [0.25, 0.3) is 21.5 Å². The summed E-state index contributed by atoms with van der Waals surface area (Å²) in [5, 5.41) is -0.959. The van der Waals surface area contributed by atoms with Crippen LogP contribution in [0.2, 0.25) is 0 Å². The van der Waals surface area contributed by atoms with Gasteiger partial charge in [0.2, 0.25) is 0 Å². The van der Waals surface area contributed by atoms with Gasteiger partial charge in [0.25, 0.3) is 20.2 Å². The first-order valence-electron chi connectivity index (χ1n) is 7.13. The summed E-state index contributed by atoms with van der Waals surface area (Å²) in [6.45, 7) is 1.68. The Bertz CT molecular complexity index is 1280. The number of hydrogen-bond acceptors (Lipinski definition) is 5. The van der Waals surface area contributed by atoms with Crippen LogP contribution < -0.4 is 4.74 Å². The first-order valence-corrected chi connectivity index (χ1v) is 10.0. The van der Waals surface area contributed by atoms with Crippen molar-refractivity contribution in [2.75, 3.05) is 7.11 Å². The number of rotatable bonds is 3. The van der Waals surface area contributed by atoms with E-state index in [0.29, 0.717) is 5.56 Å². The van der Waals surface area contributed by atoms with Gasteiger partial charge in [0.05, 0.1) is 17.4 Å². The number of methoxy groups -OCH3 is 1. The number of halogens is 1. The van der Waals surface area contributed by atoms with Gasteiger partial charge in [-0.15, -0.1) is 0 Å². The lowest BCUT2D eigenvalue weighted by Gasteiger charge is -2.15. The standard InChI is InChI=1S/C16H13FO7S2/c1-8-3-4-10-11(5-8)15(17)14-12(16(10)26(21,22)23)6-9(25(18,19)20)7-13(14)24-2/h3-7H,1-2H3,(H,18,19,20)(H,21,22,23). The van der Waals surface area contributed by atoms with Crippen LogP contribution in [-0.4, -0.2) is 33.1 Å². The van der Waals surface area contributed by atoms with Gasteiger partial charge in [0.15, 0.2) is 0 Å². The Morgan fingerprint density at radius 2 is 1.58 bits per heavy atom. The summed E-state index contributed by atoms with van der Waals surface area (Å²) >= 11 is 0. The molecule has 0 saturated heterocycles. The molecule has 2 N–H and O–H groups in total. The molecule has 0 aromatic heterocycles. The Morgan fingerprint density at radius 3 is 2.12 bits per heavy atom. The molecular formula is C16H13FO7S2. The minimum absolute atomic E-state index is 0.0805. The van der Waals surface area contributed by atoms with Gasteiger partial charge in [-0.25, -0.2) is 4.39 Å². The highest BCUT2D eigenvalue weighted by atomic mass is 32.2. The fourth-order valence-electron chi connectivity index (χ4n) is 2.90. The SMILES string of the molecule is COc1cc(S(=O)(=O)O)cc2c(S(=O)(=O)O)c3ccc(C)cc3c(F)c12. The lowest BCUT2D eigenvalue weighted by Crippen LogP contribution is -2.05. The maximum Gasteiger partial charge on any atom is 0.295 e. The summed E-state index contributed by atoms with van der Waals surface area (Å²) in [5.74, 6) is -1.15. The van der Waals surface area contributed by atoms with E-state index in [0.717, 1.165) is 19.2 Å². The maximum absolute atomic E-state index is 15.1. The molecule has 0 heterocycles. The predicted molar refractivity (Wildman–Crippen MR) is 92.3 cm³/mol. The smallest absolute Gasteiger partial charge is 0.295 e. The quantitative estimate of drug-likeness (QED) is 0.512. The van der Waals surface area contributed by atoms with Crippen molar-refractivity contribution in [1.82, 2.24) is 0 Å². The second-order valence-corrected chi connectivity index (χ2v) is 8.47. The van der Waals surface area contributed by atoms with E-state index >= 15 is 4.39 Å². The number of benzene rings is 3. The third-order valence-corrected chi connectivity index (χ3v) is 5.76. The van der Waals surface area contributed by atoms with Crippen molar-refractivity contribution in [2.45, 2.75) is 16.7 Å². The highest BCUT2D eigenvalue weighted by Gasteiger charge is 2.26. The van der Waals surface area contributed by atoms with Crippen molar-refractivity contribution < 1.29 is 35.1 Å². The number of fused-ring (bicyclic) bond motifs is 2. The summed E-state index contributed by atoms with van der Waals surface area (Å²) in [5.41, 5.74) is 0.644. The zero-order valence-corrected chi connectivity index (χ0v) is 15.1. The van der Waals surface area contributed by atoms with Gasteiger partial charge in [-0.1, -0.05) is 17.7 Å². The van der Waals surface area contributed by atoms with E-state index in [9.17, 15) is 25.9 Å². The molecule has 0 radical (unpaired) electrons. The van der Waals surface area contributed by atoms with E-state index in [1.165, 1.54) is 18.2 Å². The van der Waals surface area contributed by atoms with Gasteiger partial charge >= 0.3 is 0 Å². The third kappa shape index (κ3) is 2.90. The van der Waals surface area contributed by atoms with E-state index in [1.807, 2.05) is 0 Å². The van der Waals surface area contributed by atoms with Crippen molar-refractivity contribution in [3.05, 3.63) is 41.7 Å². The predicted octanol–water partition coefficient (Wildman–Crippen LogP) is 2.94. The molecule has 3 aromatic rings. The van der Waals surface area contributed by atoms with Crippen molar-refractivity contribution in [1.29, 1.82) is 0 Å². The molecule has 0 unspecified atom stereocenters. The van der Waals surface area contributed by atoms with Gasteiger partial charge in [-0.05, 0) is 19.1 Å². The topological polar surface area (TPSA) is 118 Å². The molecule has 10 heteroatoms. The Kier molecular flexibility index (Phi) is 4.19. The molecule has 0 fully saturated rings. The van der Waals surface area contributed by atoms with Gasteiger partial charge in [0.1, 0.15) is 16.5 Å². The van der Waals surface area contributed by atoms with E-state index in [2.05, 4.69) is 0 Å². The first-order chi connectivity index (χ1) is 11.9. The Morgan fingerprint density at radius 1 is 0.923 bits per heavy atom. The number of ether oxygens (including phenoxy) is 1. The van der Waals surface area contributed by atoms with Crippen molar-refractivity contribution in [3.63, 3.8) is 0 Å². The Labute approximate surface area is 148 Å². The van der Waals surface area contributed by atoms with Crippen LogP contribution in [0.4, 0.5) is 4.39 Å². The maximum atomic E-state index is 15.1. The molecule has 26 heavy (non-hydrogen) atoms. The van der Waals surface area contributed by atoms with Crippen molar-refractivity contribution in [2.24, 2.45) is 0 Å². The molecule has 0 saturated carbocycles. The molecule has 0 bridgehead atoms. The fraction of sp³-hybridized carbons (Fsp3) is 0.125. The minimum atomic E-state index is -4.87.